The molecule has 6 heteroatoms. The first-order valence-electron chi connectivity index (χ1n) is 10.6. The molecule has 0 saturated carbocycles. The summed E-state index contributed by atoms with van der Waals surface area (Å²) in [5.74, 6) is -0.00193. The number of hydrogen-bond donors (Lipinski definition) is 1. The third-order valence-electron chi connectivity index (χ3n) is 6.25. The quantitative estimate of drug-likeness (QED) is 0.574. The number of likely N-dealkylation sites (tertiary alicyclic amines) is 1. The van der Waals surface area contributed by atoms with Crippen LogP contribution in [0, 0.1) is 0 Å². The van der Waals surface area contributed by atoms with Gasteiger partial charge in [-0.1, -0.05) is 30.3 Å². The third-order valence-corrected chi connectivity index (χ3v) is 6.25. The SMILES string of the molecule is CC(=O)c1ccc(N2CC[NH+]([C@@H]3CC(=O)N(CCc4ccccc4)C3=O)CC2)cc1. The molecule has 4 rings (SSSR count). The van der Waals surface area contributed by atoms with E-state index in [-0.39, 0.29) is 23.6 Å². The van der Waals surface area contributed by atoms with Crippen LogP contribution in [-0.4, -0.2) is 61.3 Å². The Kier molecular flexibility index (Phi) is 5.95. The van der Waals surface area contributed by atoms with Crippen LogP contribution in [0.1, 0.15) is 29.3 Å². The lowest BCUT2D eigenvalue weighted by molar-refractivity contribution is -0.915. The van der Waals surface area contributed by atoms with Gasteiger partial charge in [-0.2, -0.15) is 0 Å². The van der Waals surface area contributed by atoms with Crippen molar-refractivity contribution in [1.82, 2.24) is 4.90 Å². The lowest BCUT2D eigenvalue weighted by Crippen LogP contribution is -3.19. The van der Waals surface area contributed by atoms with Crippen LogP contribution >= 0.6 is 0 Å². The lowest BCUT2D eigenvalue weighted by atomic mass is 10.1. The number of ketones is 1. The summed E-state index contributed by atoms with van der Waals surface area (Å²) in [7, 11) is 0. The Bertz CT molecular complexity index is 918. The van der Waals surface area contributed by atoms with Gasteiger partial charge in [0.1, 0.15) is 0 Å². The maximum atomic E-state index is 12.9. The minimum atomic E-state index is -0.254. The normalized spacial score (nSPS) is 20.1. The van der Waals surface area contributed by atoms with Crippen LogP contribution in [0.15, 0.2) is 54.6 Å². The maximum Gasteiger partial charge on any atom is 0.288 e. The molecular weight excluding hydrogens is 378 g/mol. The fourth-order valence-electron chi connectivity index (χ4n) is 4.43. The first-order valence-corrected chi connectivity index (χ1v) is 10.6. The van der Waals surface area contributed by atoms with Crippen molar-refractivity contribution in [3.05, 3.63) is 65.7 Å². The standard InChI is InChI=1S/C24H27N3O3/c1-18(28)20-7-9-21(10-8-20)25-13-15-26(16-14-25)22-17-23(29)27(24(22)30)12-11-19-5-3-2-4-6-19/h2-10,22H,11-17H2,1H3/p+1/t22-/m1/s1. The summed E-state index contributed by atoms with van der Waals surface area (Å²) in [5.41, 5.74) is 2.95. The van der Waals surface area contributed by atoms with E-state index in [9.17, 15) is 14.4 Å². The van der Waals surface area contributed by atoms with E-state index in [0.29, 0.717) is 24.9 Å². The van der Waals surface area contributed by atoms with E-state index in [1.807, 2.05) is 54.6 Å². The largest absolute Gasteiger partial charge is 0.360 e. The summed E-state index contributed by atoms with van der Waals surface area (Å²) < 4.78 is 0. The predicted octanol–water partition coefficient (Wildman–Crippen LogP) is 0.964. The number of Topliss-reactive ketones (excluding diaryl/α,β-unsaturated/α-hetero) is 1. The van der Waals surface area contributed by atoms with Gasteiger partial charge >= 0.3 is 0 Å². The van der Waals surface area contributed by atoms with Gasteiger partial charge in [0.05, 0.1) is 32.6 Å². The van der Waals surface area contributed by atoms with E-state index in [4.69, 9.17) is 0 Å². The molecule has 2 aromatic rings. The maximum absolute atomic E-state index is 12.9. The molecular formula is C24H28N3O3+. The van der Waals surface area contributed by atoms with Crippen molar-refractivity contribution in [1.29, 1.82) is 0 Å². The number of amides is 2. The van der Waals surface area contributed by atoms with Crippen LogP contribution in [0.5, 0.6) is 0 Å². The van der Waals surface area contributed by atoms with Crippen LogP contribution in [0.2, 0.25) is 0 Å². The highest BCUT2D eigenvalue weighted by atomic mass is 16.2. The number of quaternary nitrogens is 1. The Morgan fingerprint density at radius 3 is 2.30 bits per heavy atom. The van der Waals surface area contributed by atoms with Crippen LogP contribution in [0.3, 0.4) is 0 Å². The molecule has 2 heterocycles. The van der Waals surface area contributed by atoms with Gasteiger partial charge in [-0.05, 0) is 43.2 Å². The molecule has 2 aromatic carbocycles. The van der Waals surface area contributed by atoms with Crippen molar-refractivity contribution >= 4 is 23.3 Å². The highest BCUT2D eigenvalue weighted by Gasteiger charge is 2.45. The summed E-state index contributed by atoms with van der Waals surface area (Å²) in [6.07, 6.45) is 1.01. The zero-order chi connectivity index (χ0) is 21.1. The van der Waals surface area contributed by atoms with E-state index in [2.05, 4.69) is 4.90 Å². The highest BCUT2D eigenvalue weighted by Crippen LogP contribution is 2.17. The van der Waals surface area contributed by atoms with Gasteiger partial charge in [-0.25, -0.2) is 0 Å². The van der Waals surface area contributed by atoms with Crippen molar-refractivity contribution in [3.63, 3.8) is 0 Å². The second-order valence-electron chi connectivity index (χ2n) is 8.12. The Labute approximate surface area is 177 Å². The molecule has 0 bridgehead atoms. The average molecular weight is 407 g/mol. The molecule has 6 nitrogen and oxygen atoms in total. The second kappa shape index (κ2) is 8.79. The van der Waals surface area contributed by atoms with Gasteiger partial charge in [0.15, 0.2) is 11.8 Å². The van der Waals surface area contributed by atoms with Gasteiger partial charge < -0.3 is 9.80 Å². The highest BCUT2D eigenvalue weighted by molar-refractivity contribution is 6.04. The second-order valence-corrected chi connectivity index (χ2v) is 8.12. The van der Waals surface area contributed by atoms with Crippen molar-refractivity contribution in [2.45, 2.75) is 25.8 Å². The van der Waals surface area contributed by atoms with Crippen molar-refractivity contribution in [2.24, 2.45) is 0 Å². The molecule has 156 valence electrons. The van der Waals surface area contributed by atoms with Crippen molar-refractivity contribution in [3.8, 4) is 0 Å². The number of rotatable bonds is 6. The van der Waals surface area contributed by atoms with Gasteiger partial charge in [0.25, 0.3) is 5.91 Å². The average Bonchev–Trinajstić information content (AvgIpc) is 3.06. The molecule has 30 heavy (non-hydrogen) atoms. The van der Waals surface area contributed by atoms with Crippen LogP contribution in [-0.2, 0) is 16.0 Å². The molecule has 2 amide bonds. The minimum absolute atomic E-state index is 0.0230. The molecule has 0 aliphatic carbocycles. The first-order chi connectivity index (χ1) is 14.5. The van der Waals surface area contributed by atoms with Crippen molar-refractivity contribution in [2.75, 3.05) is 37.6 Å². The fourth-order valence-corrected chi connectivity index (χ4v) is 4.43. The summed E-state index contributed by atoms with van der Waals surface area (Å²) in [6, 6.07) is 17.4. The molecule has 2 aliphatic rings. The summed E-state index contributed by atoms with van der Waals surface area (Å²) in [6.45, 7) is 5.34. The number of hydrogen-bond acceptors (Lipinski definition) is 4. The fraction of sp³-hybridized carbons (Fsp3) is 0.375. The number of nitrogens with one attached hydrogen (secondary N) is 1. The van der Waals surface area contributed by atoms with E-state index in [0.717, 1.165) is 37.4 Å². The molecule has 0 spiro atoms. The zero-order valence-electron chi connectivity index (χ0n) is 17.3. The van der Waals surface area contributed by atoms with Crippen LogP contribution in [0.4, 0.5) is 5.69 Å². The number of anilines is 1. The molecule has 1 atom stereocenters. The van der Waals surface area contributed by atoms with Crippen LogP contribution in [0.25, 0.3) is 0 Å². The van der Waals surface area contributed by atoms with Gasteiger partial charge in [0, 0.05) is 17.8 Å². The van der Waals surface area contributed by atoms with Crippen molar-refractivity contribution < 1.29 is 19.3 Å². The monoisotopic (exact) mass is 406 g/mol. The molecule has 0 radical (unpaired) electrons. The van der Waals surface area contributed by atoms with E-state index in [1.54, 1.807) is 6.92 Å². The van der Waals surface area contributed by atoms with Crippen LogP contribution < -0.4 is 9.80 Å². The Balaban J connectivity index is 1.32. The smallest absolute Gasteiger partial charge is 0.288 e. The predicted molar refractivity (Wildman–Crippen MR) is 115 cm³/mol. The van der Waals surface area contributed by atoms with Gasteiger partial charge in [-0.15, -0.1) is 0 Å². The number of piperazine rings is 1. The van der Waals surface area contributed by atoms with Gasteiger partial charge in [0.2, 0.25) is 5.91 Å². The summed E-state index contributed by atoms with van der Waals surface area (Å²) in [5, 5.41) is 0. The molecule has 2 saturated heterocycles. The minimum Gasteiger partial charge on any atom is -0.360 e. The van der Waals surface area contributed by atoms with Gasteiger partial charge in [-0.3, -0.25) is 19.3 Å². The Hall–Kier alpha value is -2.99. The number of benzene rings is 2. The van der Waals surface area contributed by atoms with E-state index in [1.165, 1.54) is 9.80 Å². The third kappa shape index (κ3) is 4.28. The first kappa shape index (κ1) is 20.3. The topological polar surface area (TPSA) is 62.1 Å². The number of nitrogens with zero attached hydrogens (tertiary/aromatic N) is 2. The molecule has 2 fully saturated rings. The Morgan fingerprint density at radius 1 is 1.00 bits per heavy atom. The number of carbonyl (C=O) groups excluding carboxylic acids is 3. The molecule has 1 N–H and O–H groups in total. The molecule has 0 unspecified atom stereocenters. The summed E-state index contributed by atoms with van der Waals surface area (Å²) in [4.78, 5) is 41.8. The number of carbonyl (C=O) groups is 3. The molecule has 2 aliphatic heterocycles. The van der Waals surface area contributed by atoms with E-state index >= 15 is 0 Å². The number of imide groups is 1. The molecule has 0 aromatic heterocycles. The zero-order valence-corrected chi connectivity index (χ0v) is 17.3. The summed E-state index contributed by atoms with van der Waals surface area (Å²) >= 11 is 0. The Morgan fingerprint density at radius 2 is 1.67 bits per heavy atom. The van der Waals surface area contributed by atoms with E-state index < -0.39 is 0 Å². The lowest BCUT2D eigenvalue weighted by Gasteiger charge is -2.35.